The Hall–Kier alpha value is -3.97. The van der Waals surface area contributed by atoms with Gasteiger partial charge in [-0.05, 0) is 48.7 Å². The van der Waals surface area contributed by atoms with Crippen molar-refractivity contribution in [2.24, 2.45) is 0 Å². The second-order valence-corrected chi connectivity index (χ2v) is 7.35. The quantitative estimate of drug-likeness (QED) is 0.347. The Bertz CT molecular complexity index is 1050. The maximum atomic E-state index is 12.2. The van der Waals surface area contributed by atoms with E-state index in [1.807, 2.05) is 31.2 Å². The second-order valence-electron chi connectivity index (χ2n) is 7.35. The smallest absolute Gasteiger partial charge is 0.456 e. The number of carbonyl (C=O) groups is 3. The highest BCUT2D eigenvalue weighted by Crippen LogP contribution is 2.32. The first-order chi connectivity index (χ1) is 15.8. The van der Waals surface area contributed by atoms with Crippen molar-refractivity contribution < 1.29 is 49.9 Å². The molecule has 1 aliphatic heterocycles. The molecule has 12 heteroatoms. The molecule has 7 N–H and O–H groups in total. The molecule has 2 unspecified atom stereocenters. The molecular weight excluding hydrogens is 464 g/mol. The van der Waals surface area contributed by atoms with Crippen LogP contribution in [0.5, 0.6) is 11.5 Å². The summed E-state index contributed by atoms with van der Waals surface area (Å²) in [6.07, 6.45) is -0.0759. The number of cyclic esters (lactones) is 2. The molecular formula is C23H28N2O10. The number of esters is 1. The van der Waals surface area contributed by atoms with Gasteiger partial charge in [0.25, 0.3) is 0 Å². The van der Waals surface area contributed by atoms with E-state index in [0.717, 1.165) is 23.5 Å². The van der Waals surface area contributed by atoms with Gasteiger partial charge in [-0.1, -0.05) is 23.3 Å². The monoisotopic (exact) mass is 492 g/mol. The molecule has 0 saturated heterocycles. The van der Waals surface area contributed by atoms with Gasteiger partial charge in [-0.15, -0.1) is 0 Å². The van der Waals surface area contributed by atoms with Crippen molar-refractivity contribution in [2.45, 2.75) is 25.5 Å². The molecule has 1 aliphatic rings. The molecule has 0 radical (unpaired) electrons. The molecule has 3 rings (SSSR count). The minimum Gasteiger partial charge on any atom is -0.506 e. The van der Waals surface area contributed by atoms with Crippen LogP contribution >= 0.6 is 0 Å². The van der Waals surface area contributed by atoms with Gasteiger partial charge < -0.3 is 40.8 Å². The van der Waals surface area contributed by atoms with Crippen molar-refractivity contribution in [2.75, 3.05) is 18.7 Å². The number of carbonyl (C=O) groups excluding carboxylic acids is 3. The first kappa shape index (κ1) is 29.1. The molecule has 2 atom stereocenters. The number of hydrogen-bond donors (Lipinski definition) is 3. The van der Waals surface area contributed by atoms with Crippen LogP contribution in [0.2, 0.25) is 0 Å². The maximum Gasteiger partial charge on any atom is 0.456 e. The van der Waals surface area contributed by atoms with Crippen molar-refractivity contribution in [1.29, 1.82) is 0 Å². The largest absolute Gasteiger partial charge is 0.506 e. The molecule has 0 saturated carbocycles. The van der Waals surface area contributed by atoms with Crippen molar-refractivity contribution in [3.63, 3.8) is 0 Å². The molecule has 190 valence electrons. The fourth-order valence-corrected chi connectivity index (χ4v) is 3.13. The van der Waals surface area contributed by atoms with Crippen molar-refractivity contribution in [3.05, 3.63) is 65.7 Å². The minimum atomic E-state index is -1.31. The summed E-state index contributed by atoms with van der Waals surface area (Å²) in [6, 6.07) is 11.7. The number of hydroxylamine groups is 1. The lowest BCUT2D eigenvalue weighted by molar-refractivity contribution is -0.142. The van der Waals surface area contributed by atoms with Crippen LogP contribution in [-0.2, 0) is 25.6 Å². The van der Waals surface area contributed by atoms with Crippen LogP contribution in [-0.4, -0.2) is 58.9 Å². The fraction of sp³-hybridized carbons (Fsp3) is 0.261. The Balaban J connectivity index is 0.00000306. The number of aliphatic hydroxyl groups is 1. The van der Waals surface area contributed by atoms with Crippen molar-refractivity contribution in [1.82, 2.24) is 5.32 Å². The van der Waals surface area contributed by atoms with Crippen LogP contribution in [0.15, 0.2) is 54.6 Å². The van der Waals surface area contributed by atoms with E-state index in [2.05, 4.69) is 10.1 Å². The molecule has 0 spiro atoms. The summed E-state index contributed by atoms with van der Waals surface area (Å²) in [6.45, 7) is 2.15. The number of hydrogen-bond acceptors (Lipinski definition) is 9. The lowest BCUT2D eigenvalue weighted by atomic mass is 10.1. The van der Waals surface area contributed by atoms with Crippen LogP contribution in [0.4, 0.5) is 10.5 Å². The van der Waals surface area contributed by atoms with Crippen molar-refractivity contribution in [3.8, 4) is 11.5 Å². The van der Waals surface area contributed by atoms with Gasteiger partial charge >= 0.3 is 18.0 Å². The van der Waals surface area contributed by atoms with Crippen LogP contribution in [0.25, 0.3) is 0 Å². The number of amides is 1. The summed E-state index contributed by atoms with van der Waals surface area (Å²) in [4.78, 5) is 40.2. The molecule has 35 heavy (non-hydrogen) atoms. The molecule has 1 heterocycles. The standard InChI is InChI=1S/C23H24N2O8.2H2O/c1-14(11-15-3-6-17(31-2)7-4-15)24-13-20(27)16-5-8-19(26)18(12-16)25-23(30)32-21(28)9-10-22(29)33-25;;/h3-10,12,14,20,24,26-27H,11,13H2,1-2H3;2*1H2/b10-9+;;. The van der Waals surface area contributed by atoms with Gasteiger partial charge in [0.1, 0.15) is 17.2 Å². The number of nitrogens with one attached hydrogen (secondary N) is 1. The summed E-state index contributed by atoms with van der Waals surface area (Å²) >= 11 is 0. The minimum absolute atomic E-state index is 0. The van der Waals surface area contributed by atoms with Crippen LogP contribution in [0, 0.1) is 0 Å². The summed E-state index contributed by atoms with van der Waals surface area (Å²) in [7, 11) is 1.60. The number of phenols is 1. The number of nitrogens with zero attached hydrogens (tertiary/aromatic N) is 1. The number of rotatable bonds is 8. The first-order valence-electron chi connectivity index (χ1n) is 10.1. The molecule has 0 aromatic heterocycles. The van der Waals surface area contributed by atoms with E-state index in [1.165, 1.54) is 18.2 Å². The average molecular weight is 492 g/mol. The molecule has 0 fully saturated rings. The van der Waals surface area contributed by atoms with Crippen LogP contribution in [0.1, 0.15) is 24.2 Å². The molecule has 2 aromatic carbocycles. The number of anilines is 1. The highest BCUT2D eigenvalue weighted by Gasteiger charge is 2.29. The number of ether oxygens (including phenoxy) is 2. The van der Waals surface area contributed by atoms with Gasteiger partial charge in [-0.2, -0.15) is 0 Å². The Morgan fingerprint density at radius 1 is 1.03 bits per heavy atom. The Labute approximate surface area is 200 Å². The topological polar surface area (TPSA) is 198 Å². The fourth-order valence-electron chi connectivity index (χ4n) is 3.13. The molecule has 2 aromatic rings. The van der Waals surface area contributed by atoms with E-state index in [-0.39, 0.29) is 29.2 Å². The third-order valence-electron chi connectivity index (χ3n) is 4.85. The lowest BCUT2D eigenvalue weighted by Gasteiger charge is -2.23. The zero-order valence-electron chi connectivity index (χ0n) is 19.1. The van der Waals surface area contributed by atoms with Gasteiger partial charge in [-0.25, -0.2) is 14.4 Å². The van der Waals surface area contributed by atoms with Crippen LogP contribution < -0.4 is 15.1 Å². The summed E-state index contributed by atoms with van der Waals surface area (Å²) in [5.74, 6) is -1.73. The molecule has 0 aliphatic carbocycles. The molecule has 1 amide bonds. The highest BCUT2D eigenvalue weighted by molar-refractivity contribution is 6.03. The van der Waals surface area contributed by atoms with E-state index < -0.39 is 29.9 Å². The van der Waals surface area contributed by atoms with E-state index in [9.17, 15) is 24.6 Å². The first-order valence-corrected chi connectivity index (χ1v) is 10.1. The number of phenolic OH excluding ortho intramolecular Hbond substituents is 1. The van der Waals surface area contributed by atoms with Crippen LogP contribution in [0.3, 0.4) is 0 Å². The number of aromatic hydroxyl groups is 1. The van der Waals surface area contributed by atoms with E-state index in [4.69, 9.17) is 9.57 Å². The molecule has 12 nitrogen and oxygen atoms in total. The third-order valence-corrected chi connectivity index (χ3v) is 4.85. The van der Waals surface area contributed by atoms with Gasteiger partial charge in [0, 0.05) is 24.7 Å². The van der Waals surface area contributed by atoms with E-state index in [1.54, 1.807) is 7.11 Å². The van der Waals surface area contributed by atoms with Crippen molar-refractivity contribution >= 4 is 23.7 Å². The predicted octanol–water partition coefficient (Wildman–Crippen LogP) is 0.503. The third kappa shape index (κ3) is 7.79. The van der Waals surface area contributed by atoms with Gasteiger partial charge in [0.15, 0.2) is 0 Å². The zero-order chi connectivity index (χ0) is 24.0. The number of aliphatic hydroxyl groups excluding tert-OH is 1. The van der Waals surface area contributed by atoms with Gasteiger partial charge in [0.05, 0.1) is 13.2 Å². The Morgan fingerprint density at radius 2 is 1.69 bits per heavy atom. The van der Waals surface area contributed by atoms with Gasteiger partial charge in [-0.3, -0.25) is 0 Å². The van der Waals surface area contributed by atoms with E-state index in [0.29, 0.717) is 17.0 Å². The maximum absolute atomic E-state index is 12.2. The number of methoxy groups -OCH3 is 1. The second kappa shape index (κ2) is 13.1. The van der Waals surface area contributed by atoms with Gasteiger partial charge in [0.2, 0.25) is 0 Å². The summed E-state index contributed by atoms with van der Waals surface area (Å²) in [5, 5.41) is 24.4. The van der Waals surface area contributed by atoms with E-state index >= 15 is 0 Å². The number of benzene rings is 2. The predicted molar refractivity (Wildman–Crippen MR) is 124 cm³/mol. The normalized spacial score (nSPS) is 15.9. The molecule has 0 bridgehead atoms. The summed E-state index contributed by atoms with van der Waals surface area (Å²) in [5.41, 5.74) is 1.16. The average Bonchev–Trinajstić information content (AvgIpc) is 2.80. The zero-order valence-corrected chi connectivity index (χ0v) is 19.1. The highest BCUT2D eigenvalue weighted by atomic mass is 16.8. The Kier molecular flexibility index (Phi) is 10.8. The summed E-state index contributed by atoms with van der Waals surface area (Å²) < 4.78 is 9.65. The Morgan fingerprint density at radius 3 is 2.34 bits per heavy atom. The lowest BCUT2D eigenvalue weighted by Crippen LogP contribution is -2.36. The SMILES string of the molecule is COc1ccc(CC(C)NCC(O)c2ccc(O)c(N3OC(=O)/C=C/C(=O)OC3=O)c2)cc1.O.O.